The number of hydrogen-bond acceptors (Lipinski definition) is 2. The zero-order chi connectivity index (χ0) is 9.54. The molecule has 0 N–H and O–H groups in total. The van der Waals surface area contributed by atoms with E-state index in [-0.39, 0.29) is 0 Å². The molecule has 0 fully saturated rings. The summed E-state index contributed by atoms with van der Waals surface area (Å²) in [6, 6.07) is 2.03. The number of fused-ring (bicyclic) bond motifs is 3. The minimum absolute atomic E-state index is 0.922. The normalized spacial score (nSPS) is 14.6. The molecule has 0 radical (unpaired) electrons. The van der Waals surface area contributed by atoms with Crippen molar-refractivity contribution < 1.29 is 4.74 Å². The van der Waals surface area contributed by atoms with E-state index in [2.05, 4.69) is 17.1 Å². The van der Waals surface area contributed by atoms with Gasteiger partial charge >= 0.3 is 0 Å². The topological polar surface area (TPSA) is 21.6 Å². The van der Waals surface area contributed by atoms with Gasteiger partial charge in [0.15, 0.2) is 0 Å². The fourth-order valence-electron chi connectivity index (χ4n) is 1.92. The quantitative estimate of drug-likeness (QED) is 0.636. The van der Waals surface area contributed by atoms with E-state index in [0.29, 0.717) is 0 Å². The van der Waals surface area contributed by atoms with E-state index in [1.807, 2.05) is 24.4 Å². The van der Waals surface area contributed by atoms with E-state index in [9.17, 15) is 0 Å². The van der Waals surface area contributed by atoms with Gasteiger partial charge in [0.05, 0.1) is 12.8 Å². The van der Waals surface area contributed by atoms with Crippen LogP contribution in [0.15, 0.2) is 17.1 Å². The second kappa shape index (κ2) is 2.58. The maximum absolute atomic E-state index is 5.34. The first-order valence-corrected chi connectivity index (χ1v) is 4.54. The molecule has 0 aromatic heterocycles. The summed E-state index contributed by atoms with van der Waals surface area (Å²) in [5.41, 5.74) is 2.23. The highest BCUT2D eigenvalue weighted by Gasteiger charge is 2.11. The van der Waals surface area contributed by atoms with Gasteiger partial charge in [-0.1, -0.05) is 18.2 Å². The molecule has 2 heteroatoms. The predicted octanol–water partition coefficient (Wildman–Crippen LogP) is 0.999. The second-order valence-electron chi connectivity index (χ2n) is 3.31. The van der Waals surface area contributed by atoms with Crippen LogP contribution in [0.2, 0.25) is 0 Å². The van der Waals surface area contributed by atoms with Gasteiger partial charge in [-0.3, -0.25) is 4.99 Å². The first kappa shape index (κ1) is 7.56. The Bertz CT molecular complexity index is 579. The number of nitrogens with zero attached hydrogens (tertiary/aromatic N) is 1. The summed E-state index contributed by atoms with van der Waals surface area (Å²) in [7, 11) is 1.70. The lowest BCUT2D eigenvalue weighted by molar-refractivity contribution is 0.411. The van der Waals surface area contributed by atoms with Gasteiger partial charge < -0.3 is 4.74 Å². The van der Waals surface area contributed by atoms with Gasteiger partial charge in [-0.2, -0.15) is 0 Å². The van der Waals surface area contributed by atoms with Crippen LogP contribution in [0.5, 0.6) is 5.75 Å². The van der Waals surface area contributed by atoms with Crippen molar-refractivity contribution in [1.82, 2.24) is 0 Å². The predicted molar refractivity (Wildman–Crippen MR) is 58.4 cm³/mol. The molecule has 2 aliphatic rings. The number of methoxy groups -OCH3 is 1. The van der Waals surface area contributed by atoms with Crippen LogP contribution in [-0.4, -0.2) is 13.3 Å². The second-order valence-corrected chi connectivity index (χ2v) is 3.31. The number of rotatable bonds is 1. The molecule has 0 atom stereocenters. The number of hydrogen-bond donors (Lipinski definition) is 0. The molecule has 14 heavy (non-hydrogen) atoms. The standard InChI is InChI=1S/C12H9NO/c1-14-11-7-8-5-6-13-12(8)10-4-2-3-9(10)11/h2-7H,1H3. The fraction of sp³-hybridized carbons (Fsp3) is 0.0833. The number of aliphatic imine (C=N–C) groups is 1. The summed E-state index contributed by atoms with van der Waals surface area (Å²) in [5, 5.41) is 2.28. The monoisotopic (exact) mass is 183 g/mol. The fourth-order valence-corrected chi connectivity index (χ4v) is 1.92. The van der Waals surface area contributed by atoms with Gasteiger partial charge in [-0.05, 0) is 12.1 Å². The van der Waals surface area contributed by atoms with Gasteiger partial charge in [0, 0.05) is 22.2 Å². The van der Waals surface area contributed by atoms with Crippen molar-refractivity contribution in [2.75, 3.05) is 7.11 Å². The van der Waals surface area contributed by atoms with Crippen molar-refractivity contribution in [1.29, 1.82) is 0 Å². The lowest BCUT2D eigenvalue weighted by Gasteiger charge is -2.04. The van der Waals surface area contributed by atoms with Crippen LogP contribution < -0.4 is 15.2 Å². The third-order valence-corrected chi connectivity index (χ3v) is 2.57. The summed E-state index contributed by atoms with van der Waals surface area (Å²) < 4.78 is 5.34. The first-order valence-electron chi connectivity index (χ1n) is 4.54. The Morgan fingerprint density at radius 1 is 1.29 bits per heavy atom. The molecule has 0 saturated heterocycles. The van der Waals surface area contributed by atoms with Gasteiger partial charge in [-0.15, -0.1) is 0 Å². The van der Waals surface area contributed by atoms with Crippen molar-refractivity contribution >= 4 is 30.1 Å². The number of ether oxygens (including phenoxy) is 1. The molecule has 1 aliphatic carbocycles. The van der Waals surface area contributed by atoms with Crippen LogP contribution in [0.3, 0.4) is 0 Å². The molecular weight excluding hydrogens is 174 g/mol. The molecule has 0 amide bonds. The summed E-state index contributed by atoms with van der Waals surface area (Å²) in [5.74, 6) is 0.922. The van der Waals surface area contributed by atoms with Gasteiger partial charge in [0.1, 0.15) is 5.75 Å². The molecule has 0 saturated carbocycles. The Balaban J connectivity index is 2.49. The molecule has 0 spiro atoms. The van der Waals surface area contributed by atoms with Crippen LogP contribution in [0.1, 0.15) is 5.56 Å². The number of benzene rings is 1. The highest BCUT2D eigenvalue weighted by Crippen LogP contribution is 2.20. The Morgan fingerprint density at radius 2 is 2.21 bits per heavy atom. The maximum Gasteiger partial charge on any atom is 0.127 e. The van der Waals surface area contributed by atoms with E-state index < -0.39 is 0 Å². The zero-order valence-corrected chi connectivity index (χ0v) is 7.82. The SMILES string of the molecule is COc1cc2c(c3c1=CC=C3)N=CC=2. The molecule has 68 valence electrons. The summed E-state index contributed by atoms with van der Waals surface area (Å²) in [6.45, 7) is 0. The number of allylic oxidation sites excluding steroid dienone is 1. The average molecular weight is 183 g/mol. The van der Waals surface area contributed by atoms with Gasteiger partial charge in [0.25, 0.3) is 0 Å². The van der Waals surface area contributed by atoms with E-state index in [0.717, 1.165) is 21.9 Å². The maximum atomic E-state index is 5.34. The minimum atomic E-state index is 0.922. The van der Waals surface area contributed by atoms with Crippen LogP contribution in [0.25, 0.3) is 18.2 Å². The zero-order valence-electron chi connectivity index (χ0n) is 7.82. The van der Waals surface area contributed by atoms with Crippen LogP contribution in [0, 0.1) is 0 Å². The van der Waals surface area contributed by atoms with E-state index in [4.69, 9.17) is 4.74 Å². The molecule has 1 heterocycles. The largest absolute Gasteiger partial charge is 0.496 e. The Kier molecular flexibility index (Phi) is 1.39. The van der Waals surface area contributed by atoms with E-state index in [1.165, 1.54) is 5.56 Å². The molecular formula is C12H9NO. The van der Waals surface area contributed by atoms with Crippen molar-refractivity contribution in [3.63, 3.8) is 0 Å². The molecule has 0 bridgehead atoms. The average Bonchev–Trinajstić information content (AvgIpc) is 2.83. The van der Waals surface area contributed by atoms with Crippen molar-refractivity contribution in [3.05, 3.63) is 28.1 Å². The molecule has 1 aromatic carbocycles. The van der Waals surface area contributed by atoms with E-state index in [1.54, 1.807) is 7.11 Å². The molecule has 1 aromatic rings. The molecule has 2 nitrogen and oxygen atoms in total. The first-order chi connectivity index (χ1) is 6.90. The smallest absolute Gasteiger partial charge is 0.127 e. The van der Waals surface area contributed by atoms with Crippen molar-refractivity contribution in [3.8, 4) is 5.75 Å². The lowest BCUT2D eigenvalue weighted by Crippen LogP contribution is -2.14. The van der Waals surface area contributed by atoms with Gasteiger partial charge in [-0.25, -0.2) is 0 Å². The summed E-state index contributed by atoms with van der Waals surface area (Å²) >= 11 is 0. The van der Waals surface area contributed by atoms with E-state index >= 15 is 0 Å². The molecule has 3 rings (SSSR count). The summed E-state index contributed by atoms with van der Waals surface area (Å²) in [6.07, 6.45) is 10.00. The summed E-state index contributed by atoms with van der Waals surface area (Å²) in [4.78, 5) is 4.34. The van der Waals surface area contributed by atoms with Crippen molar-refractivity contribution in [2.24, 2.45) is 4.99 Å². The Labute approximate surface area is 81.5 Å². The minimum Gasteiger partial charge on any atom is -0.496 e. The third kappa shape index (κ3) is 0.826. The Morgan fingerprint density at radius 3 is 3.07 bits per heavy atom. The van der Waals surface area contributed by atoms with Gasteiger partial charge in [0.2, 0.25) is 0 Å². The van der Waals surface area contributed by atoms with Crippen LogP contribution in [0.4, 0.5) is 5.69 Å². The highest BCUT2D eigenvalue weighted by molar-refractivity contribution is 5.99. The lowest BCUT2D eigenvalue weighted by atomic mass is 10.1. The van der Waals surface area contributed by atoms with Crippen LogP contribution in [-0.2, 0) is 0 Å². The van der Waals surface area contributed by atoms with Crippen molar-refractivity contribution in [2.45, 2.75) is 0 Å². The Hall–Kier alpha value is -1.83. The molecule has 0 unspecified atom stereocenters. The molecule has 1 aliphatic heterocycles. The third-order valence-electron chi connectivity index (χ3n) is 2.57. The van der Waals surface area contributed by atoms with Crippen LogP contribution >= 0.6 is 0 Å². The highest BCUT2D eigenvalue weighted by atomic mass is 16.5.